The second kappa shape index (κ2) is 9.58. The molecule has 0 bridgehead atoms. The van der Waals surface area contributed by atoms with Gasteiger partial charge in [-0.2, -0.15) is 0 Å². The monoisotopic (exact) mass is 492 g/mol. The number of benzene rings is 1. The van der Waals surface area contributed by atoms with E-state index in [2.05, 4.69) is 32.3 Å². The normalized spacial score (nSPS) is 17.8. The molecular formula is C22H29IN4O. The summed E-state index contributed by atoms with van der Waals surface area (Å²) >= 11 is 0. The highest BCUT2D eigenvalue weighted by atomic mass is 127. The molecule has 1 N–H and O–H groups in total. The molecule has 1 aromatic carbocycles. The van der Waals surface area contributed by atoms with Crippen molar-refractivity contribution in [3.8, 4) is 5.75 Å². The van der Waals surface area contributed by atoms with Crippen molar-refractivity contribution < 1.29 is 4.74 Å². The van der Waals surface area contributed by atoms with E-state index in [0.29, 0.717) is 12.0 Å². The zero-order valence-corrected chi connectivity index (χ0v) is 18.8. The molecule has 1 aliphatic heterocycles. The highest BCUT2D eigenvalue weighted by Crippen LogP contribution is 2.47. The summed E-state index contributed by atoms with van der Waals surface area (Å²) in [6, 6.07) is 14.1. The molecule has 6 heteroatoms. The summed E-state index contributed by atoms with van der Waals surface area (Å²) in [6.07, 6.45) is 7.28. The summed E-state index contributed by atoms with van der Waals surface area (Å²) < 4.78 is 5.80. The van der Waals surface area contributed by atoms with Gasteiger partial charge in [0, 0.05) is 32.9 Å². The average Bonchev–Trinajstić information content (AvgIpc) is 3.15. The third kappa shape index (κ3) is 4.96. The Bertz CT molecular complexity index is 775. The zero-order valence-electron chi connectivity index (χ0n) is 16.4. The summed E-state index contributed by atoms with van der Waals surface area (Å²) in [5.74, 6) is 1.88. The van der Waals surface area contributed by atoms with Gasteiger partial charge in [0.05, 0.1) is 5.69 Å². The first kappa shape index (κ1) is 20.9. The van der Waals surface area contributed by atoms with E-state index in [0.717, 1.165) is 37.0 Å². The van der Waals surface area contributed by atoms with Crippen LogP contribution in [0.15, 0.2) is 53.7 Å². The standard InChI is InChI=1S/C22H28N4O.HI/c1-23-21(26-14-12-22(17-26)10-4-11-22)25-15-18-6-8-20(9-7-18)27-16-19-5-2-3-13-24-19;/h2-3,5-9,13H,4,10-12,14-17H2,1H3,(H,23,25);1H. The van der Waals surface area contributed by atoms with Gasteiger partial charge in [0.25, 0.3) is 0 Å². The van der Waals surface area contributed by atoms with Gasteiger partial charge in [0.2, 0.25) is 0 Å². The van der Waals surface area contributed by atoms with Crippen LogP contribution in [0.1, 0.15) is 36.9 Å². The van der Waals surface area contributed by atoms with Crippen molar-refractivity contribution in [2.24, 2.45) is 10.4 Å². The third-order valence-corrected chi connectivity index (χ3v) is 5.85. The molecule has 2 fully saturated rings. The molecule has 1 saturated carbocycles. The highest BCUT2D eigenvalue weighted by Gasteiger charge is 2.43. The van der Waals surface area contributed by atoms with Crippen LogP contribution in [0, 0.1) is 5.41 Å². The third-order valence-electron chi connectivity index (χ3n) is 5.85. The van der Waals surface area contributed by atoms with E-state index in [9.17, 15) is 0 Å². The van der Waals surface area contributed by atoms with E-state index in [1.54, 1.807) is 6.20 Å². The Hall–Kier alpha value is -1.83. The number of pyridine rings is 1. The molecule has 2 heterocycles. The Labute approximate surface area is 184 Å². The Morgan fingerprint density at radius 1 is 1.18 bits per heavy atom. The zero-order chi connectivity index (χ0) is 18.5. The quantitative estimate of drug-likeness (QED) is 0.386. The second-order valence-electron chi connectivity index (χ2n) is 7.68. The van der Waals surface area contributed by atoms with Crippen molar-refractivity contribution in [3.63, 3.8) is 0 Å². The highest BCUT2D eigenvalue weighted by molar-refractivity contribution is 14.0. The van der Waals surface area contributed by atoms with Gasteiger partial charge in [-0.15, -0.1) is 24.0 Å². The van der Waals surface area contributed by atoms with Gasteiger partial charge in [-0.25, -0.2) is 0 Å². The maximum absolute atomic E-state index is 5.80. The topological polar surface area (TPSA) is 49.8 Å². The fourth-order valence-electron chi connectivity index (χ4n) is 4.06. The predicted octanol–water partition coefficient (Wildman–Crippen LogP) is 4.23. The number of aromatic nitrogens is 1. The summed E-state index contributed by atoms with van der Waals surface area (Å²) in [5, 5.41) is 3.52. The van der Waals surface area contributed by atoms with Crippen LogP contribution in [0.2, 0.25) is 0 Å². The molecule has 0 atom stereocenters. The fraction of sp³-hybridized carbons (Fsp3) is 0.455. The Morgan fingerprint density at radius 3 is 2.61 bits per heavy atom. The van der Waals surface area contributed by atoms with Gasteiger partial charge >= 0.3 is 0 Å². The maximum atomic E-state index is 5.80. The molecule has 0 radical (unpaired) electrons. The average molecular weight is 492 g/mol. The molecule has 0 unspecified atom stereocenters. The van der Waals surface area contributed by atoms with Crippen LogP contribution in [0.3, 0.4) is 0 Å². The van der Waals surface area contributed by atoms with E-state index in [4.69, 9.17) is 4.74 Å². The molecule has 28 heavy (non-hydrogen) atoms. The minimum absolute atomic E-state index is 0. The lowest BCUT2D eigenvalue weighted by Gasteiger charge is -2.38. The van der Waals surface area contributed by atoms with Gasteiger partial charge in [0.15, 0.2) is 5.96 Å². The van der Waals surface area contributed by atoms with Crippen LogP contribution in [0.25, 0.3) is 0 Å². The molecule has 1 aliphatic carbocycles. The molecule has 1 aromatic heterocycles. The number of nitrogens with one attached hydrogen (secondary N) is 1. The SMILES string of the molecule is CN=C(NCc1ccc(OCc2ccccn2)cc1)N1CCC2(CCC2)C1.I. The summed E-state index contributed by atoms with van der Waals surface area (Å²) in [7, 11) is 1.88. The number of hydrogen-bond donors (Lipinski definition) is 1. The molecule has 2 aromatic rings. The number of ether oxygens (including phenoxy) is 1. The minimum Gasteiger partial charge on any atom is -0.487 e. The molecule has 5 nitrogen and oxygen atoms in total. The van der Waals surface area contributed by atoms with E-state index in [-0.39, 0.29) is 24.0 Å². The number of hydrogen-bond acceptors (Lipinski definition) is 3. The molecule has 0 amide bonds. The van der Waals surface area contributed by atoms with Crippen molar-refractivity contribution in [2.45, 2.75) is 38.8 Å². The number of aliphatic imine (C=N–C) groups is 1. The van der Waals surface area contributed by atoms with Crippen molar-refractivity contribution in [3.05, 3.63) is 59.9 Å². The molecule has 4 rings (SSSR count). The lowest BCUT2D eigenvalue weighted by molar-refractivity contribution is 0.151. The number of halogens is 1. The smallest absolute Gasteiger partial charge is 0.193 e. The Kier molecular flexibility index (Phi) is 7.15. The first-order valence-electron chi connectivity index (χ1n) is 9.84. The Morgan fingerprint density at radius 2 is 2.00 bits per heavy atom. The minimum atomic E-state index is 0. The molecular weight excluding hydrogens is 463 g/mol. The lowest BCUT2D eigenvalue weighted by atomic mass is 9.68. The van der Waals surface area contributed by atoms with Crippen molar-refractivity contribution in [2.75, 3.05) is 20.1 Å². The van der Waals surface area contributed by atoms with Crippen molar-refractivity contribution in [1.29, 1.82) is 0 Å². The van der Waals surface area contributed by atoms with Gasteiger partial charge in [-0.1, -0.05) is 24.6 Å². The number of rotatable bonds is 5. The molecule has 1 spiro atoms. The lowest BCUT2D eigenvalue weighted by Crippen LogP contribution is -2.42. The number of guanidine groups is 1. The van der Waals surface area contributed by atoms with Crippen molar-refractivity contribution >= 4 is 29.9 Å². The van der Waals surface area contributed by atoms with Gasteiger partial charge in [-0.3, -0.25) is 9.98 Å². The molecule has 1 saturated heterocycles. The second-order valence-corrected chi connectivity index (χ2v) is 7.68. The van der Waals surface area contributed by atoms with Crippen LogP contribution in [-0.4, -0.2) is 36.0 Å². The van der Waals surface area contributed by atoms with E-state index >= 15 is 0 Å². The van der Waals surface area contributed by atoms with E-state index < -0.39 is 0 Å². The number of likely N-dealkylation sites (tertiary alicyclic amines) is 1. The van der Waals surface area contributed by atoms with Crippen molar-refractivity contribution in [1.82, 2.24) is 15.2 Å². The Balaban J connectivity index is 0.00000225. The predicted molar refractivity (Wildman–Crippen MR) is 123 cm³/mol. The van der Waals surface area contributed by atoms with Crippen LogP contribution in [0.5, 0.6) is 5.75 Å². The van der Waals surface area contributed by atoms with Gasteiger partial charge < -0.3 is 15.0 Å². The maximum Gasteiger partial charge on any atom is 0.193 e. The van der Waals surface area contributed by atoms with E-state index in [1.165, 1.54) is 31.2 Å². The van der Waals surface area contributed by atoms with Gasteiger partial charge in [-0.05, 0) is 54.5 Å². The van der Waals surface area contributed by atoms with E-state index in [1.807, 2.05) is 37.4 Å². The largest absolute Gasteiger partial charge is 0.487 e. The molecule has 150 valence electrons. The first-order chi connectivity index (χ1) is 13.3. The van der Waals surface area contributed by atoms with Crippen LogP contribution < -0.4 is 10.1 Å². The summed E-state index contributed by atoms with van der Waals surface area (Å²) in [6.45, 7) is 3.55. The first-order valence-corrected chi connectivity index (χ1v) is 9.84. The van der Waals surface area contributed by atoms with Crippen LogP contribution >= 0.6 is 24.0 Å². The molecule has 2 aliphatic rings. The van der Waals surface area contributed by atoms with Crippen LogP contribution in [0.4, 0.5) is 0 Å². The van der Waals surface area contributed by atoms with Gasteiger partial charge in [0.1, 0.15) is 12.4 Å². The summed E-state index contributed by atoms with van der Waals surface area (Å²) in [4.78, 5) is 11.2. The van der Waals surface area contributed by atoms with Crippen LogP contribution in [-0.2, 0) is 13.2 Å². The fourth-order valence-corrected chi connectivity index (χ4v) is 4.06. The summed E-state index contributed by atoms with van der Waals surface area (Å²) in [5.41, 5.74) is 2.74. The number of nitrogens with zero attached hydrogens (tertiary/aromatic N) is 3.